The molecular formula is C14H18ClN3O2. The maximum Gasteiger partial charge on any atom is 0.318 e. The third-order valence-corrected chi connectivity index (χ3v) is 3.47. The van der Waals surface area contributed by atoms with Crippen molar-refractivity contribution in [2.45, 2.75) is 32.5 Å². The maximum atomic E-state index is 12.0. The van der Waals surface area contributed by atoms with Crippen LogP contribution in [0.3, 0.4) is 0 Å². The number of nitrogens with one attached hydrogen (secondary N) is 2. The third-order valence-electron chi connectivity index (χ3n) is 3.23. The van der Waals surface area contributed by atoms with E-state index in [0.29, 0.717) is 18.1 Å². The number of hydrogen-bond acceptors (Lipinski definition) is 2. The topological polar surface area (TPSA) is 61.4 Å². The summed E-state index contributed by atoms with van der Waals surface area (Å²) in [5, 5.41) is 6.13. The highest BCUT2D eigenvalue weighted by molar-refractivity contribution is 6.30. The van der Waals surface area contributed by atoms with E-state index in [9.17, 15) is 9.59 Å². The van der Waals surface area contributed by atoms with Gasteiger partial charge in [0.25, 0.3) is 0 Å². The molecule has 108 valence electrons. The minimum absolute atomic E-state index is 0.0840. The molecule has 1 fully saturated rings. The molecule has 1 atom stereocenters. The van der Waals surface area contributed by atoms with Crippen LogP contribution in [0.2, 0.25) is 5.02 Å². The summed E-state index contributed by atoms with van der Waals surface area (Å²) in [4.78, 5) is 25.3. The molecule has 0 bridgehead atoms. The molecule has 1 saturated heterocycles. The summed E-state index contributed by atoms with van der Waals surface area (Å²) >= 11 is 5.88. The Morgan fingerprint density at radius 1 is 1.55 bits per heavy atom. The van der Waals surface area contributed by atoms with Gasteiger partial charge < -0.3 is 15.5 Å². The molecule has 1 aliphatic rings. The van der Waals surface area contributed by atoms with Crippen molar-refractivity contribution < 1.29 is 9.59 Å². The van der Waals surface area contributed by atoms with Gasteiger partial charge in [-0.3, -0.25) is 4.79 Å². The van der Waals surface area contributed by atoms with Crippen molar-refractivity contribution in [3.05, 3.63) is 34.9 Å². The summed E-state index contributed by atoms with van der Waals surface area (Å²) in [7, 11) is 0. The van der Waals surface area contributed by atoms with Crippen LogP contribution >= 0.6 is 11.6 Å². The lowest BCUT2D eigenvalue weighted by molar-refractivity contribution is -0.122. The highest BCUT2D eigenvalue weighted by Crippen LogP contribution is 2.11. The first kappa shape index (κ1) is 14.7. The first-order valence-corrected chi connectivity index (χ1v) is 6.94. The van der Waals surface area contributed by atoms with Crippen molar-refractivity contribution in [1.82, 2.24) is 15.5 Å². The van der Waals surface area contributed by atoms with Gasteiger partial charge in [0.15, 0.2) is 0 Å². The minimum atomic E-state index is -0.496. The van der Waals surface area contributed by atoms with Crippen molar-refractivity contribution in [2.75, 3.05) is 6.54 Å². The monoisotopic (exact) mass is 295 g/mol. The first-order valence-electron chi connectivity index (χ1n) is 6.56. The fraction of sp³-hybridized carbons (Fsp3) is 0.429. The van der Waals surface area contributed by atoms with Crippen LogP contribution in [0.5, 0.6) is 0 Å². The van der Waals surface area contributed by atoms with Crippen molar-refractivity contribution >= 4 is 23.5 Å². The number of nitrogens with zero attached hydrogens (tertiary/aromatic N) is 1. The second-order valence-electron chi connectivity index (χ2n) is 5.10. The molecule has 2 rings (SSSR count). The van der Waals surface area contributed by atoms with Crippen LogP contribution in [-0.2, 0) is 11.3 Å². The molecule has 2 N–H and O–H groups in total. The Kier molecular flexibility index (Phi) is 4.49. The molecule has 20 heavy (non-hydrogen) atoms. The molecule has 0 radical (unpaired) electrons. The van der Waals surface area contributed by atoms with Crippen LogP contribution in [0.4, 0.5) is 4.79 Å². The van der Waals surface area contributed by atoms with Gasteiger partial charge in [-0.1, -0.05) is 23.7 Å². The van der Waals surface area contributed by atoms with E-state index in [0.717, 1.165) is 5.56 Å². The van der Waals surface area contributed by atoms with Crippen LogP contribution in [0, 0.1) is 0 Å². The first-order chi connectivity index (χ1) is 9.47. The maximum absolute atomic E-state index is 12.0. The van der Waals surface area contributed by atoms with Gasteiger partial charge in [0.1, 0.15) is 6.04 Å². The molecule has 1 aromatic carbocycles. The van der Waals surface area contributed by atoms with Crippen molar-refractivity contribution in [1.29, 1.82) is 0 Å². The largest absolute Gasteiger partial charge is 0.350 e. The zero-order valence-corrected chi connectivity index (χ0v) is 12.3. The normalized spacial score (nSPS) is 18.3. The molecule has 0 aliphatic carbocycles. The summed E-state index contributed by atoms with van der Waals surface area (Å²) in [6.07, 6.45) is 0. The van der Waals surface area contributed by atoms with Crippen LogP contribution in [0.15, 0.2) is 24.3 Å². The molecule has 6 heteroatoms. The zero-order chi connectivity index (χ0) is 14.7. The van der Waals surface area contributed by atoms with E-state index < -0.39 is 6.04 Å². The second kappa shape index (κ2) is 6.13. The summed E-state index contributed by atoms with van der Waals surface area (Å²) in [5.74, 6) is -0.179. The summed E-state index contributed by atoms with van der Waals surface area (Å²) in [5.41, 5.74) is 0.927. The van der Waals surface area contributed by atoms with Gasteiger partial charge in [-0.15, -0.1) is 0 Å². The Bertz CT molecular complexity index is 519. The van der Waals surface area contributed by atoms with E-state index in [1.807, 2.05) is 26.0 Å². The van der Waals surface area contributed by atoms with Crippen LogP contribution < -0.4 is 10.6 Å². The van der Waals surface area contributed by atoms with E-state index in [1.165, 1.54) is 0 Å². The third kappa shape index (κ3) is 3.42. The average molecular weight is 296 g/mol. The zero-order valence-electron chi connectivity index (χ0n) is 11.5. The predicted molar refractivity (Wildman–Crippen MR) is 77.5 cm³/mol. The highest BCUT2D eigenvalue weighted by Gasteiger charge is 2.34. The Hall–Kier alpha value is -1.75. The summed E-state index contributed by atoms with van der Waals surface area (Å²) < 4.78 is 0. The van der Waals surface area contributed by atoms with Crippen molar-refractivity contribution in [3.63, 3.8) is 0 Å². The standard InChI is InChI=1S/C14H18ClN3O2/c1-9(2)18-8-12(17-14(18)20)13(19)16-7-10-4-3-5-11(15)6-10/h3-6,9,12H,7-8H2,1-2H3,(H,16,19)(H,17,20). The van der Waals surface area contributed by atoms with E-state index >= 15 is 0 Å². The van der Waals surface area contributed by atoms with Crippen LogP contribution in [0.1, 0.15) is 19.4 Å². The van der Waals surface area contributed by atoms with E-state index in [-0.39, 0.29) is 18.0 Å². The summed E-state index contributed by atoms with van der Waals surface area (Å²) in [6.45, 7) is 4.64. The molecule has 3 amide bonds. The van der Waals surface area contributed by atoms with E-state index in [2.05, 4.69) is 10.6 Å². The van der Waals surface area contributed by atoms with Crippen molar-refractivity contribution in [2.24, 2.45) is 0 Å². The van der Waals surface area contributed by atoms with Gasteiger partial charge in [-0.05, 0) is 31.5 Å². The van der Waals surface area contributed by atoms with Gasteiger partial charge in [-0.25, -0.2) is 4.79 Å². The van der Waals surface area contributed by atoms with E-state index in [4.69, 9.17) is 11.6 Å². The summed E-state index contributed by atoms with van der Waals surface area (Å²) in [6, 6.07) is 6.70. The lowest BCUT2D eigenvalue weighted by Gasteiger charge is -2.18. The SMILES string of the molecule is CC(C)N1CC(C(=O)NCc2cccc(Cl)c2)NC1=O. The second-order valence-corrected chi connectivity index (χ2v) is 5.53. The lowest BCUT2D eigenvalue weighted by atomic mass is 10.2. The van der Waals surface area contributed by atoms with Crippen LogP contribution in [-0.4, -0.2) is 35.5 Å². The smallest absolute Gasteiger partial charge is 0.318 e. The Morgan fingerprint density at radius 2 is 2.30 bits per heavy atom. The molecule has 1 aliphatic heterocycles. The lowest BCUT2D eigenvalue weighted by Crippen LogP contribution is -2.42. The quantitative estimate of drug-likeness (QED) is 0.889. The number of rotatable bonds is 4. The molecule has 1 unspecified atom stereocenters. The van der Waals surface area contributed by atoms with Gasteiger partial charge in [0.2, 0.25) is 5.91 Å². The number of carbonyl (C=O) groups excluding carboxylic acids is 2. The van der Waals surface area contributed by atoms with E-state index in [1.54, 1.807) is 17.0 Å². The fourth-order valence-corrected chi connectivity index (χ4v) is 2.32. The van der Waals surface area contributed by atoms with Gasteiger partial charge >= 0.3 is 6.03 Å². The molecule has 0 aromatic heterocycles. The number of carbonyl (C=O) groups is 2. The highest BCUT2D eigenvalue weighted by atomic mass is 35.5. The van der Waals surface area contributed by atoms with Gasteiger partial charge in [0, 0.05) is 17.6 Å². The number of amides is 3. The Labute approximate surface area is 123 Å². The molecule has 1 aromatic rings. The number of benzene rings is 1. The van der Waals surface area contributed by atoms with Crippen LogP contribution in [0.25, 0.3) is 0 Å². The Balaban J connectivity index is 1.89. The molecule has 5 nitrogen and oxygen atoms in total. The predicted octanol–water partition coefficient (Wildman–Crippen LogP) is 1.76. The van der Waals surface area contributed by atoms with Crippen molar-refractivity contribution in [3.8, 4) is 0 Å². The fourth-order valence-electron chi connectivity index (χ4n) is 2.11. The molecule has 0 spiro atoms. The van der Waals surface area contributed by atoms with Gasteiger partial charge in [-0.2, -0.15) is 0 Å². The number of hydrogen-bond donors (Lipinski definition) is 2. The minimum Gasteiger partial charge on any atom is -0.350 e. The average Bonchev–Trinajstić information content (AvgIpc) is 2.78. The van der Waals surface area contributed by atoms with Gasteiger partial charge in [0.05, 0.1) is 6.54 Å². The molecular weight excluding hydrogens is 278 g/mol. The number of halogens is 1. The molecule has 1 heterocycles. The molecule has 0 saturated carbocycles. The number of urea groups is 1. The Morgan fingerprint density at radius 3 is 2.90 bits per heavy atom.